The molecule has 1 aliphatic rings. The van der Waals surface area contributed by atoms with Gasteiger partial charge in [0.25, 0.3) is 0 Å². The van der Waals surface area contributed by atoms with Crippen molar-refractivity contribution < 1.29 is 0 Å². The van der Waals surface area contributed by atoms with Gasteiger partial charge in [0.05, 0.1) is 12.2 Å². The molecule has 0 spiro atoms. The molecule has 5 rings (SSSR count). The van der Waals surface area contributed by atoms with Gasteiger partial charge in [-0.3, -0.25) is 9.67 Å². The Balaban J connectivity index is 1.47. The zero-order chi connectivity index (χ0) is 18.8. The summed E-state index contributed by atoms with van der Waals surface area (Å²) in [5.41, 5.74) is 6.75. The van der Waals surface area contributed by atoms with Crippen LogP contribution >= 0.6 is 0 Å². The predicted molar refractivity (Wildman–Crippen MR) is 108 cm³/mol. The first-order chi connectivity index (χ1) is 13.8. The minimum Gasteiger partial charge on any atom is -0.268 e. The zero-order valence-corrected chi connectivity index (χ0v) is 15.6. The molecule has 1 aliphatic carbocycles. The molecule has 3 heterocycles. The number of nitrogens with zero attached hydrogens (tertiary/aromatic N) is 5. The number of rotatable bonds is 5. The molecule has 5 heteroatoms. The van der Waals surface area contributed by atoms with Crippen molar-refractivity contribution in [3.05, 3.63) is 95.3 Å². The van der Waals surface area contributed by atoms with E-state index in [0.717, 1.165) is 48.5 Å². The monoisotopic (exact) mass is 367 g/mol. The Morgan fingerprint density at radius 1 is 0.893 bits per heavy atom. The fraction of sp³-hybridized carbons (Fsp3) is 0.217. The highest BCUT2D eigenvalue weighted by Gasteiger charge is 2.21. The van der Waals surface area contributed by atoms with E-state index in [0.29, 0.717) is 6.54 Å². The second-order valence-corrected chi connectivity index (χ2v) is 7.19. The highest BCUT2D eigenvalue weighted by Crippen LogP contribution is 2.29. The lowest BCUT2D eigenvalue weighted by Crippen LogP contribution is -2.05. The summed E-state index contributed by atoms with van der Waals surface area (Å²) in [5, 5.41) is 4.80. The van der Waals surface area contributed by atoms with Gasteiger partial charge in [0.15, 0.2) is 0 Å². The van der Waals surface area contributed by atoms with E-state index in [1.54, 1.807) is 6.20 Å². The van der Waals surface area contributed by atoms with Gasteiger partial charge in [0, 0.05) is 36.3 Å². The van der Waals surface area contributed by atoms with Gasteiger partial charge in [-0.1, -0.05) is 36.4 Å². The Morgan fingerprint density at radius 2 is 1.79 bits per heavy atom. The molecule has 4 aromatic rings. The molecular weight excluding hydrogens is 346 g/mol. The van der Waals surface area contributed by atoms with Crippen LogP contribution < -0.4 is 0 Å². The highest BCUT2D eigenvalue weighted by molar-refractivity contribution is 5.60. The maximum absolute atomic E-state index is 4.93. The number of hydrogen-bond acceptors (Lipinski definition) is 4. The summed E-state index contributed by atoms with van der Waals surface area (Å²) < 4.78 is 1.95. The summed E-state index contributed by atoms with van der Waals surface area (Å²) in [6.45, 7) is 0.706. The molecule has 5 nitrogen and oxygen atoms in total. The highest BCUT2D eigenvalue weighted by atomic mass is 15.3. The summed E-state index contributed by atoms with van der Waals surface area (Å²) in [6.07, 6.45) is 9.63. The van der Waals surface area contributed by atoms with Crippen LogP contribution in [-0.2, 0) is 25.8 Å². The molecule has 0 saturated heterocycles. The SMILES string of the molecule is c1ccc(Cc2nc3c(c(-c4ccn(Cc5cccnc5)n4)n2)CCC3)cc1. The normalized spacial score (nSPS) is 12.9. The molecule has 0 aliphatic heterocycles. The van der Waals surface area contributed by atoms with Gasteiger partial charge in [-0.2, -0.15) is 5.10 Å². The minimum atomic E-state index is 0.706. The molecule has 0 saturated carbocycles. The second kappa shape index (κ2) is 7.35. The molecule has 138 valence electrons. The minimum absolute atomic E-state index is 0.706. The molecule has 0 radical (unpaired) electrons. The number of pyridine rings is 1. The van der Waals surface area contributed by atoms with Crippen molar-refractivity contribution in [1.82, 2.24) is 24.7 Å². The molecular formula is C23H21N5. The predicted octanol–water partition coefficient (Wildman–Crippen LogP) is 3.86. The van der Waals surface area contributed by atoms with E-state index in [1.165, 1.54) is 16.8 Å². The van der Waals surface area contributed by atoms with Crippen molar-refractivity contribution in [1.29, 1.82) is 0 Å². The first-order valence-corrected chi connectivity index (χ1v) is 9.70. The van der Waals surface area contributed by atoms with Crippen molar-refractivity contribution >= 4 is 0 Å². The largest absolute Gasteiger partial charge is 0.268 e. The maximum atomic E-state index is 4.93. The van der Waals surface area contributed by atoms with Gasteiger partial charge in [0.1, 0.15) is 11.5 Å². The van der Waals surface area contributed by atoms with Gasteiger partial charge in [0.2, 0.25) is 0 Å². The smallest absolute Gasteiger partial charge is 0.133 e. The molecule has 0 atom stereocenters. The third kappa shape index (κ3) is 3.43. The van der Waals surface area contributed by atoms with Crippen LogP contribution in [0.3, 0.4) is 0 Å². The van der Waals surface area contributed by atoms with Crippen molar-refractivity contribution in [3.63, 3.8) is 0 Å². The molecule has 3 aromatic heterocycles. The fourth-order valence-corrected chi connectivity index (χ4v) is 3.81. The van der Waals surface area contributed by atoms with E-state index < -0.39 is 0 Å². The lowest BCUT2D eigenvalue weighted by molar-refractivity contribution is 0.686. The van der Waals surface area contributed by atoms with Crippen LogP contribution in [0, 0.1) is 0 Å². The number of aryl methyl sites for hydroxylation is 1. The zero-order valence-electron chi connectivity index (χ0n) is 15.6. The van der Waals surface area contributed by atoms with Crippen molar-refractivity contribution in [2.75, 3.05) is 0 Å². The average Bonchev–Trinajstić information content (AvgIpc) is 3.38. The van der Waals surface area contributed by atoms with Crippen LogP contribution in [-0.4, -0.2) is 24.7 Å². The lowest BCUT2D eigenvalue weighted by Gasteiger charge is -2.09. The van der Waals surface area contributed by atoms with Crippen LogP contribution in [0.4, 0.5) is 0 Å². The fourth-order valence-electron chi connectivity index (χ4n) is 3.81. The quantitative estimate of drug-likeness (QED) is 0.537. The molecule has 0 amide bonds. The molecule has 28 heavy (non-hydrogen) atoms. The van der Waals surface area contributed by atoms with Crippen LogP contribution in [0.5, 0.6) is 0 Å². The summed E-state index contributed by atoms with van der Waals surface area (Å²) in [6, 6.07) is 16.5. The van der Waals surface area contributed by atoms with E-state index in [9.17, 15) is 0 Å². The third-order valence-corrected chi connectivity index (χ3v) is 5.14. The van der Waals surface area contributed by atoms with E-state index in [2.05, 4.69) is 41.4 Å². The first-order valence-electron chi connectivity index (χ1n) is 9.70. The van der Waals surface area contributed by atoms with Gasteiger partial charge < -0.3 is 0 Å². The number of hydrogen-bond donors (Lipinski definition) is 0. The van der Waals surface area contributed by atoms with Crippen molar-refractivity contribution in [2.45, 2.75) is 32.2 Å². The van der Waals surface area contributed by atoms with E-state index in [-0.39, 0.29) is 0 Å². The van der Waals surface area contributed by atoms with Crippen LogP contribution in [0.1, 0.15) is 34.6 Å². The Hall–Kier alpha value is -3.34. The van der Waals surface area contributed by atoms with Crippen molar-refractivity contribution in [2.24, 2.45) is 0 Å². The number of aromatic nitrogens is 5. The third-order valence-electron chi connectivity index (χ3n) is 5.14. The first kappa shape index (κ1) is 16.8. The standard InChI is InChI=1S/C23H21N5/c1-2-6-17(7-3-1)14-22-25-20-10-4-9-19(20)23(26-22)21-11-13-28(27-21)16-18-8-5-12-24-15-18/h1-3,5-8,11-13,15H,4,9-10,14,16H2. The molecule has 0 bridgehead atoms. The average molecular weight is 367 g/mol. The van der Waals surface area contributed by atoms with E-state index in [4.69, 9.17) is 15.1 Å². The summed E-state index contributed by atoms with van der Waals surface area (Å²) >= 11 is 0. The van der Waals surface area contributed by atoms with Crippen LogP contribution in [0.15, 0.2) is 67.1 Å². The second-order valence-electron chi connectivity index (χ2n) is 7.19. The summed E-state index contributed by atoms with van der Waals surface area (Å²) in [7, 11) is 0. The molecule has 0 fully saturated rings. The Kier molecular flexibility index (Phi) is 4.41. The molecule has 1 aromatic carbocycles. The van der Waals surface area contributed by atoms with E-state index in [1.807, 2.05) is 29.2 Å². The summed E-state index contributed by atoms with van der Waals surface area (Å²) in [5.74, 6) is 0.878. The number of benzene rings is 1. The van der Waals surface area contributed by atoms with Gasteiger partial charge >= 0.3 is 0 Å². The Labute approximate surface area is 164 Å². The lowest BCUT2D eigenvalue weighted by atomic mass is 10.1. The van der Waals surface area contributed by atoms with Crippen LogP contribution in [0.25, 0.3) is 11.4 Å². The topological polar surface area (TPSA) is 56.5 Å². The van der Waals surface area contributed by atoms with Gasteiger partial charge in [-0.25, -0.2) is 9.97 Å². The van der Waals surface area contributed by atoms with Gasteiger partial charge in [-0.05, 0) is 42.5 Å². The van der Waals surface area contributed by atoms with Crippen LogP contribution in [0.2, 0.25) is 0 Å². The Bertz CT molecular complexity index is 1090. The number of fused-ring (bicyclic) bond motifs is 1. The summed E-state index contributed by atoms with van der Waals surface area (Å²) in [4.78, 5) is 14.0. The molecule has 0 N–H and O–H groups in total. The maximum Gasteiger partial charge on any atom is 0.133 e. The van der Waals surface area contributed by atoms with E-state index >= 15 is 0 Å². The molecule has 0 unspecified atom stereocenters. The Morgan fingerprint density at radius 3 is 2.64 bits per heavy atom. The van der Waals surface area contributed by atoms with Gasteiger partial charge in [-0.15, -0.1) is 0 Å². The van der Waals surface area contributed by atoms with Crippen molar-refractivity contribution in [3.8, 4) is 11.4 Å².